The van der Waals surface area contributed by atoms with Crippen LogP contribution < -0.4 is 20.0 Å². The summed E-state index contributed by atoms with van der Waals surface area (Å²) < 4.78 is 12.6. The number of nitrogens with zero attached hydrogens (tertiary/aromatic N) is 4. The molecular weight excluding hydrogens is 305 g/mol. The Balaban J connectivity index is 1.97. The zero-order valence-electron chi connectivity index (χ0n) is 14.3. The number of aromatic nitrogens is 3. The standard InChI is InChI=1S/C16H20BN5O2/c1-21-9-19-15-12(21)7-14(18)20-16(15)22(17)8-10-4-5-11(23-2)6-13(10)24-3/h4-7,9H,8,17H2,1-3H3,(H2,18,20). The Labute approximate surface area is 141 Å². The number of pyridine rings is 1. The van der Waals surface area contributed by atoms with Gasteiger partial charge in [-0.1, -0.05) is 0 Å². The van der Waals surface area contributed by atoms with Gasteiger partial charge in [0.15, 0.2) is 0 Å². The number of nitrogens with two attached hydrogens (primary N) is 1. The van der Waals surface area contributed by atoms with Crippen LogP contribution in [0.1, 0.15) is 5.56 Å². The highest BCUT2D eigenvalue weighted by atomic mass is 16.5. The van der Waals surface area contributed by atoms with Crippen LogP contribution in [0, 0.1) is 0 Å². The summed E-state index contributed by atoms with van der Waals surface area (Å²) in [7, 11) is 7.17. The Morgan fingerprint density at radius 2 is 2.04 bits per heavy atom. The smallest absolute Gasteiger partial charge is 0.220 e. The molecule has 3 aromatic rings. The highest BCUT2D eigenvalue weighted by molar-refractivity contribution is 6.19. The largest absolute Gasteiger partial charge is 0.497 e. The van der Waals surface area contributed by atoms with E-state index in [0.717, 1.165) is 33.9 Å². The lowest BCUT2D eigenvalue weighted by Crippen LogP contribution is -2.21. The van der Waals surface area contributed by atoms with E-state index in [4.69, 9.17) is 15.2 Å². The third-order valence-electron chi connectivity index (χ3n) is 3.98. The normalized spacial score (nSPS) is 10.8. The number of rotatable bonds is 5. The van der Waals surface area contributed by atoms with Gasteiger partial charge in [-0.05, 0) is 12.1 Å². The number of imidazole rings is 1. The maximum absolute atomic E-state index is 5.96. The molecule has 3 rings (SSSR count). The summed E-state index contributed by atoms with van der Waals surface area (Å²) in [5, 5.41) is 0. The van der Waals surface area contributed by atoms with Crippen molar-refractivity contribution in [1.29, 1.82) is 0 Å². The molecule has 2 N–H and O–H groups in total. The van der Waals surface area contributed by atoms with Gasteiger partial charge < -0.3 is 24.6 Å². The van der Waals surface area contributed by atoms with Crippen LogP contribution in [0.4, 0.5) is 11.6 Å². The Morgan fingerprint density at radius 3 is 2.75 bits per heavy atom. The van der Waals surface area contributed by atoms with Gasteiger partial charge in [0.25, 0.3) is 0 Å². The molecule has 0 aliphatic heterocycles. The monoisotopic (exact) mass is 325 g/mol. The maximum Gasteiger partial charge on any atom is 0.220 e. The van der Waals surface area contributed by atoms with Crippen molar-refractivity contribution in [3.05, 3.63) is 36.2 Å². The van der Waals surface area contributed by atoms with E-state index < -0.39 is 0 Å². The average molecular weight is 325 g/mol. The minimum atomic E-state index is 0.467. The lowest BCUT2D eigenvalue weighted by atomic mass is 10.1. The SMILES string of the molecule is BN(Cc1ccc(OC)cc1OC)c1nc(N)cc2c1ncn2C. The third kappa shape index (κ3) is 2.82. The van der Waals surface area contributed by atoms with E-state index in [0.29, 0.717) is 12.4 Å². The minimum Gasteiger partial charge on any atom is -0.497 e. The number of ether oxygens (including phenoxy) is 2. The predicted molar refractivity (Wildman–Crippen MR) is 97.2 cm³/mol. The summed E-state index contributed by atoms with van der Waals surface area (Å²) >= 11 is 0. The molecule has 0 saturated carbocycles. The van der Waals surface area contributed by atoms with Crippen molar-refractivity contribution >= 4 is 30.7 Å². The Hall–Kier alpha value is -2.90. The first-order chi connectivity index (χ1) is 11.5. The first-order valence-electron chi connectivity index (χ1n) is 7.53. The first-order valence-corrected chi connectivity index (χ1v) is 7.53. The van der Waals surface area contributed by atoms with Crippen LogP contribution in [0.15, 0.2) is 30.6 Å². The Bertz CT molecular complexity index is 880. The van der Waals surface area contributed by atoms with Crippen molar-refractivity contribution in [2.24, 2.45) is 7.05 Å². The molecule has 0 aliphatic rings. The number of benzene rings is 1. The van der Waals surface area contributed by atoms with E-state index in [1.54, 1.807) is 20.5 Å². The molecule has 0 saturated heterocycles. The number of aryl methyl sites for hydroxylation is 1. The summed E-state index contributed by atoms with van der Waals surface area (Å²) in [5.74, 6) is 2.73. The number of nitrogen functional groups attached to an aromatic ring is 1. The molecule has 0 bridgehead atoms. The molecule has 1 aromatic carbocycles. The maximum atomic E-state index is 5.96. The first kappa shape index (κ1) is 16.0. The molecule has 2 heterocycles. The quantitative estimate of drug-likeness (QED) is 0.709. The molecule has 0 amide bonds. The molecule has 7 nitrogen and oxygen atoms in total. The fourth-order valence-corrected chi connectivity index (χ4v) is 2.71. The van der Waals surface area contributed by atoms with Crippen LogP contribution in [-0.4, -0.2) is 36.7 Å². The van der Waals surface area contributed by atoms with Gasteiger partial charge in [0.2, 0.25) is 7.98 Å². The van der Waals surface area contributed by atoms with Crippen molar-refractivity contribution < 1.29 is 9.47 Å². The summed E-state index contributed by atoms with van der Waals surface area (Å²) in [4.78, 5) is 10.9. The summed E-state index contributed by atoms with van der Waals surface area (Å²) in [6.45, 7) is 0.606. The average Bonchev–Trinajstić information content (AvgIpc) is 2.95. The molecule has 0 unspecified atom stereocenters. The fourth-order valence-electron chi connectivity index (χ4n) is 2.71. The zero-order chi connectivity index (χ0) is 17.3. The fraction of sp³-hybridized carbons (Fsp3) is 0.250. The van der Waals surface area contributed by atoms with E-state index >= 15 is 0 Å². The van der Waals surface area contributed by atoms with E-state index in [2.05, 4.69) is 9.97 Å². The van der Waals surface area contributed by atoms with Crippen molar-refractivity contribution in [3.8, 4) is 11.5 Å². The summed E-state index contributed by atoms with van der Waals surface area (Å²) in [6.07, 6.45) is 1.76. The number of hydrogen-bond donors (Lipinski definition) is 1. The second-order valence-electron chi connectivity index (χ2n) is 5.63. The number of hydrogen-bond acceptors (Lipinski definition) is 6. The van der Waals surface area contributed by atoms with Crippen molar-refractivity contribution in [2.75, 3.05) is 24.8 Å². The van der Waals surface area contributed by atoms with Gasteiger partial charge >= 0.3 is 0 Å². The van der Waals surface area contributed by atoms with Crippen LogP contribution in [0.25, 0.3) is 11.0 Å². The van der Waals surface area contributed by atoms with Gasteiger partial charge in [0.1, 0.15) is 28.7 Å². The molecule has 2 aromatic heterocycles. The van der Waals surface area contributed by atoms with Crippen LogP contribution in [-0.2, 0) is 13.6 Å². The van der Waals surface area contributed by atoms with Gasteiger partial charge in [-0.3, -0.25) is 0 Å². The minimum absolute atomic E-state index is 0.467. The predicted octanol–water partition coefficient (Wildman–Crippen LogP) is 1.12. The van der Waals surface area contributed by atoms with Crippen LogP contribution in [0.2, 0.25) is 0 Å². The van der Waals surface area contributed by atoms with Gasteiger partial charge in [-0.2, -0.15) is 0 Å². The zero-order valence-corrected chi connectivity index (χ0v) is 14.3. The van der Waals surface area contributed by atoms with Gasteiger partial charge in [0.05, 0.1) is 26.1 Å². The van der Waals surface area contributed by atoms with E-state index in [1.165, 1.54) is 0 Å². The Morgan fingerprint density at radius 1 is 1.25 bits per heavy atom. The number of methoxy groups -OCH3 is 2. The number of anilines is 2. The molecule has 0 atom stereocenters. The molecule has 0 fully saturated rings. The third-order valence-corrected chi connectivity index (χ3v) is 3.98. The van der Waals surface area contributed by atoms with Gasteiger partial charge in [-0.25, -0.2) is 9.97 Å². The number of fused-ring (bicyclic) bond motifs is 1. The van der Waals surface area contributed by atoms with E-state index in [9.17, 15) is 0 Å². The second kappa shape index (κ2) is 6.31. The molecule has 0 aliphatic carbocycles. The van der Waals surface area contributed by atoms with Gasteiger partial charge in [-0.15, -0.1) is 0 Å². The van der Waals surface area contributed by atoms with E-state index in [1.807, 2.05) is 48.7 Å². The molecule has 8 heteroatoms. The van der Waals surface area contributed by atoms with Crippen LogP contribution in [0.5, 0.6) is 11.5 Å². The highest BCUT2D eigenvalue weighted by Gasteiger charge is 2.15. The van der Waals surface area contributed by atoms with Crippen molar-refractivity contribution in [3.63, 3.8) is 0 Å². The molecule has 0 radical (unpaired) electrons. The van der Waals surface area contributed by atoms with Gasteiger partial charge in [0, 0.05) is 31.3 Å². The van der Waals surface area contributed by atoms with E-state index in [-0.39, 0.29) is 0 Å². The lowest BCUT2D eigenvalue weighted by molar-refractivity contribution is 0.391. The molecule has 0 spiro atoms. The van der Waals surface area contributed by atoms with Crippen molar-refractivity contribution in [1.82, 2.24) is 14.5 Å². The second-order valence-corrected chi connectivity index (χ2v) is 5.63. The lowest BCUT2D eigenvalue weighted by Gasteiger charge is -2.21. The summed E-state index contributed by atoms with van der Waals surface area (Å²) in [5.41, 5.74) is 8.75. The molecule has 24 heavy (non-hydrogen) atoms. The van der Waals surface area contributed by atoms with Crippen LogP contribution in [0.3, 0.4) is 0 Å². The van der Waals surface area contributed by atoms with Crippen molar-refractivity contribution in [2.45, 2.75) is 6.54 Å². The van der Waals surface area contributed by atoms with Crippen LogP contribution >= 0.6 is 0 Å². The molecule has 124 valence electrons. The summed E-state index contributed by atoms with van der Waals surface area (Å²) in [6, 6.07) is 7.59. The topological polar surface area (TPSA) is 78.4 Å². The molecular formula is C16H20BN5O2. The Kier molecular flexibility index (Phi) is 4.20. The highest BCUT2D eigenvalue weighted by Crippen LogP contribution is 2.29.